The Morgan fingerprint density at radius 3 is 2.85 bits per heavy atom. The number of carboxylic acids is 1. The van der Waals surface area contributed by atoms with Crippen molar-refractivity contribution in [1.29, 1.82) is 5.26 Å². The van der Waals surface area contributed by atoms with Crippen LogP contribution in [0.1, 0.15) is 10.4 Å². The summed E-state index contributed by atoms with van der Waals surface area (Å²) in [4.78, 5) is 11.3. The second-order valence-electron chi connectivity index (χ2n) is 2.44. The number of hydrogen-bond donors (Lipinski definition) is 1. The zero-order valence-corrected chi connectivity index (χ0v) is 7.76. The van der Waals surface area contributed by atoms with Crippen molar-refractivity contribution in [2.45, 2.75) is 6.92 Å². The van der Waals surface area contributed by atoms with Crippen molar-refractivity contribution < 1.29 is 9.90 Å². The van der Waals surface area contributed by atoms with Gasteiger partial charge in [0.2, 0.25) is 0 Å². The van der Waals surface area contributed by atoms with Crippen molar-refractivity contribution in [3.63, 3.8) is 0 Å². The molecule has 0 amide bonds. The van der Waals surface area contributed by atoms with Gasteiger partial charge in [-0.15, -0.1) is 11.3 Å². The third kappa shape index (κ3) is 2.17. The predicted octanol–water partition coefficient (Wildman–Crippen LogP) is 2.05. The van der Waals surface area contributed by atoms with Crippen molar-refractivity contribution >= 4 is 23.4 Å². The van der Waals surface area contributed by atoms with Crippen LogP contribution in [-0.2, 0) is 4.79 Å². The molecule has 0 atom stereocenters. The van der Waals surface area contributed by atoms with E-state index in [1.807, 2.05) is 18.4 Å². The van der Waals surface area contributed by atoms with Gasteiger partial charge >= 0.3 is 5.97 Å². The number of nitrogens with zero attached hydrogens (tertiary/aromatic N) is 1. The van der Waals surface area contributed by atoms with Crippen molar-refractivity contribution in [3.8, 4) is 6.07 Å². The summed E-state index contributed by atoms with van der Waals surface area (Å²) in [6.45, 7) is 1.87. The molecule has 4 heteroatoms. The fraction of sp³-hybridized carbons (Fsp3) is 0.111. The Bertz CT molecular complexity index is 398. The Morgan fingerprint density at radius 1 is 1.77 bits per heavy atom. The quantitative estimate of drug-likeness (QED) is 0.577. The topological polar surface area (TPSA) is 61.1 Å². The molecule has 0 saturated carbocycles. The average Bonchev–Trinajstić information content (AvgIpc) is 2.46. The molecule has 0 aromatic carbocycles. The Morgan fingerprint density at radius 2 is 2.46 bits per heavy atom. The summed E-state index contributed by atoms with van der Waals surface area (Å²) in [7, 11) is 0. The Labute approximate surface area is 79.6 Å². The minimum absolute atomic E-state index is 0.231. The maximum absolute atomic E-state index is 10.5. The second kappa shape index (κ2) is 3.87. The van der Waals surface area contributed by atoms with E-state index in [0.717, 1.165) is 10.4 Å². The van der Waals surface area contributed by atoms with Gasteiger partial charge in [0, 0.05) is 4.88 Å². The first-order valence-corrected chi connectivity index (χ1v) is 4.42. The Kier molecular flexibility index (Phi) is 2.83. The molecular weight excluding hydrogens is 186 g/mol. The molecule has 66 valence electrons. The molecular formula is C9H7NO2S. The predicted molar refractivity (Wildman–Crippen MR) is 50.3 cm³/mol. The molecule has 0 bridgehead atoms. The lowest BCUT2D eigenvalue weighted by atomic mass is 10.2. The van der Waals surface area contributed by atoms with Crippen molar-refractivity contribution in [3.05, 3.63) is 27.5 Å². The van der Waals surface area contributed by atoms with E-state index >= 15 is 0 Å². The number of rotatable bonds is 2. The van der Waals surface area contributed by atoms with E-state index in [2.05, 4.69) is 0 Å². The lowest BCUT2D eigenvalue weighted by molar-refractivity contribution is -0.132. The fourth-order valence-electron chi connectivity index (χ4n) is 0.805. The molecule has 1 N–H and O–H groups in total. The van der Waals surface area contributed by atoms with Gasteiger partial charge in [-0.2, -0.15) is 5.26 Å². The molecule has 0 saturated heterocycles. The molecule has 13 heavy (non-hydrogen) atoms. The van der Waals surface area contributed by atoms with Gasteiger partial charge in [0.05, 0.1) is 0 Å². The van der Waals surface area contributed by atoms with Gasteiger partial charge in [0.1, 0.15) is 11.6 Å². The maximum Gasteiger partial charge on any atom is 0.346 e. The summed E-state index contributed by atoms with van der Waals surface area (Å²) in [5.41, 5.74) is 0.754. The molecule has 0 spiro atoms. The van der Waals surface area contributed by atoms with Crippen LogP contribution < -0.4 is 0 Å². The number of thiophene rings is 1. The number of carbonyl (C=O) groups is 1. The first-order valence-electron chi connectivity index (χ1n) is 3.54. The third-order valence-corrected chi connectivity index (χ3v) is 2.49. The number of aliphatic carboxylic acids is 1. The van der Waals surface area contributed by atoms with Crippen LogP contribution in [0.15, 0.2) is 17.0 Å². The van der Waals surface area contributed by atoms with Gasteiger partial charge in [-0.3, -0.25) is 0 Å². The Balaban J connectivity index is 3.07. The first kappa shape index (κ1) is 9.49. The lowest BCUT2D eigenvalue weighted by Crippen LogP contribution is -1.96. The zero-order chi connectivity index (χ0) is 9.84. The monoisotopic (exact) mass is 193 g/mol. The summed E-state index contributed by atoms with van der Waals surface area (Å²) in [6.07, 6.45) is 1.39. The van der Waals surface area contributed by atoms with Gasteiger partial charge in [-0.05, 0) is 30.0 Å². The average molecular weight is 193 g/mol. The molecule has 1 rings (SSSR count). The minimum atomic E-state index is -1.18. The normalized spacial score (nSPS) is 10.9. The van der Waals surface area contributed by atoms with Crippen molar-refractivity contribution in [2.24, 2.45) is 0 Å². The highest BCUT2D eigenvalue weighted by Gasteiger charge is 2.06. The highest BCUT2D eigenvalue weighted by Crippen LogP contribution is 2.18. The molecule has 3 nitrogen and oxygen atoms in total. The zero-order valence-electron chi connectivity index (χ0n) is 6.94. The second-order valence-corrected chi connectivity index (χ2v) is 3.39. The minimum Gasteiger partial charge on any atom is -0.477 e. The van der Waals surface area contributed by atoms with E-state index in [9.17, 15) is 4.79 Å². The van der Waals surface area contributed by atoms with Gasteiger partial charge < -0.3 is 5.11 Å². The van der Waals surface area contributed by atoms with Gasteiger partial charge in [0.15, 0.2) is 0 Å². The molecule has 0 aliphatic heterocycles. The summed E-state index contributed by atoms with van der Waals surface area (Å²) in [5, 5.41) is 18.9. The SMILES string of the molecule is Cc1ccsc1/C=C(/C#N)C(=O)O. The highest BCUT2D eigenvalue weighted by molar-refractivity contribution is 7.11. The maximum atomic E-state index is 10.5. The number of nitriles is 1. The van der Waals surface area contributed by atoms with Crippen LogP contribution in [0.4, 0.5) is 0 Å². The molecule has 0 unspecified atom stereocenters. The van der Waals surface area contributed by atoms with E-state index in [-0.39, 0.29) is 5.57 Å². The van der Waals surface area contributed by atoms with E-state index in [4.69, 9.17) is 10.4 Å². The number of hydrogen-bond acceptors (Lipinski definition) is 3. The summed E-state index contributed by atoms with van der Waals surface area (Å²) < 4.78 is 0. The van der Waals surface area contributed by atoms with Crippen LogP contribution in [0.3, 0.4) is 0 Å². The molecule has 1 aromatic rings. The molecule has 0 aliphatic carbocycles. The van der Waals surface area contributed by atoms with Crippen LogP contribution in [0.5, 0.6) is 0 Å². The van der Waals surface area contributed by atoms with E-state index in [0.29, 0.717) is 0 Å². The van der Waals surface area contributed by atoms with Crippen molar-refractivity contribution in [2.75, 3.05) is 0 Å². The van der Waals surface area contributed by atoms with E-state index < -0.39 is 5.97 Å². The lowest BCUT2D eigenvalue weighted by Gasteiger charge is -1.90. The van der Waals surface area contributed by atoms with E-state index in [1.54, 1.807) is 6.07 Å². The first-order chi connectivity index (χ1) is 6.15. The number of aryl methyl sites for hydroxylation is 1. The van der Waals surface area contributed by atoms with Crippen LogP contribution in [-0.4, -0.2) is 11.1 Å². The van der Waals surface area contributed by atoms with Crippen LogP contribution in [0.2, 0.25) is 0 Å². The summed E-state index contributed by atoms with van der Waals surface area (Å²) in [5.74, 6) is -1.18. The van der Waals surface area contributed by atoms with Crippen LogP contribution in [0, 0.1) is 18.3 Å². The highest BCUT2D eigenvalue weighted by atomic mass is 32.1. The van der Waals surface area contributed by atoms with Gasteiger partial charge in [0.25, 0.3) is 0 Å². The molecule has 0 fully saturated rings. The van der Waals surface area contributed by atoms with Gasteiger partial charge in [-0.1, -0.05) is 0 Å². The fourth-order valence-corrected chi connectivity index (χ4v) is 1.66. The van der Waals surface area contributed by atoms with Gasteiger partial charge in [-0.25, -0.2) is 4.79 Å². The molecule has 0 radical (unpaired) electrons. The third-order valence-electron chi connectivity index (χ3n) is 1.53. The summed E-state index contributed by atoms with van der Waals surface area (Å²) in [6, 6.07) is 3.52. The van der Waals surface area contributed by atoms with Crippen LogP contribution >= 0.6 is 11.3 Å². The number of carboxylic acid groups (broad SMARTS) is 1. The van der Waals surface area contributed by atoms with Crippen LogP contribution in [0.25, 0.3) is 6.08 Å². The molecule has 1 aromatic heterocycles. The molecule has 1 heterocycles. The van der Waals surface area contributed by atoms with Crippen molar-refractivity contribution in [1.82, 2.24) is 0 Å². The van der Waals surface area contributed by atoms with E-state index in [1.165, 1.54) is 17.4 Å². The largest absolute Gasteiger partial charge is 0.477 e. The standard InChI is InChI=1S/C9H7NO2S/c1-6-2-3-13-8(6)4-7(5-10)9(11)12/h2-4H,1H3,(H,11,12)/b7-4-. The Hall–Kier alpha value is -1.60. The summed E-state index contributed by atoms with van der Waals surface area (Å²) >= 11 is 1.42. The smallest absolute Gasteiger partial charge is 0.346 e. The molecule has 0 aliphatic rings.